The second-order valence-electron chi connectivity index (χ2n) is 4.59. The maximum atomic E-state index is 12.7. The first kappa shape index (κ1) is 14.7. The smallest absolute Gasteiger partial charge is 0.320 e. The first-order valence-electron chi connectivity index (χ1n) is 6.57. The average Bonchev–Trinajstić information content (AvgIpc) is 2.87. The monoisotopic (exact) mass is 282 g/mol. The molecule has 5 heteroatoms. The van der Waals surface area contributed by atoms with E-state index in [0.717, 1.165) is 24.7 Å². The maximum Gasteiger partial charge on any atom is 0.416 e. The molecule has 20 heavy (non-hydrogen) atoms. The molecule has 0 spiro atoms. The fourth-order valence-electron chi connectivity index (χ4n) is 2.04. The predicted octanol–water partition coefficient (Wildman–Crippen LogP) is 4.00. The van der Waals surface area contributed by atoms with Gasteiger partial charge in [-0.3, -0.25) is 0 Å². The lowest BCUT2D eigenvalue weighted by molar-refractivity contribution is -0.137. The van der Waals surface area contributed by atoms with Crippen LogP contribution in [0.5, 0.6) is 0 Å². The minimum Gasteiger partial charge on any atom is -0.320 e. The molecular weight excluding hydrogens is 265 g/mol. The number of halogens is 3. The van der Waals surface area contributed by atoms with Gasteiger partial charge >= 0.3 is 6.18 Å². The zero-order chi connectivity index (χ0) is 14.6. The Hall–Kier alpha value is -1.75. The Bertz CT molecular complexity index is 558. The molecule has 1 aromatic carbocycles. The average molecular weight is 282 g/mol. The Morgan fingerprint density at radius 3 is 2.65 bits per heavy atom. The van der Waals surface area contributed by atoms with Crippen molar-refractivity contribution in [3.05, 3.63) is 53.9 Å². The van der Waals surface area contributed by atoms with Crippen molar-refractivity contribution in [2.24, 2.45) is 0 Å². The van der Waals surface area contributed by atoms with Crippen molar-refractivity contribution in [3.8, 4) is 5.69 Å². The Morgan fingerprint density at radius 2 is 1.95 bits per heavy atom. The predicted molar refractivity (Wildman–Crippen MR) is 72.8 cm³/mol. The van der Waals surface area contributed by atoms with E-state index in [9.17, 15) is 13.2 Å². The molecule has 1 aromatic heterocycles. The topological polar surface area (TPSA) is 17.0 Å². The first-order valence-corrected chi connectivity index (χ1v) is 6.57. The molecule has 0 aliphatic heterocycles. The van der Waals surface area contributed by atoms with E-state index in [-0.39, 0.29) is 0 Å². The van der Waals surface area contributed by atoms with Crippen molar-refractivity contribution in [2.45, 2.75) is 26.1 Å². The van der Waals surface area contributed by atoms with E-state index in [0.29, 0.717) is 12.2 Å². The second-order valence-corrected chi connectivity index (χ2v) is 4.59. The second kappa shape index (κ2) is 6.13. The van der Waals surface area contributed by atoms with E-state index in [2.05, 4.69) is 12.2 Å². The third kappa shape index (κ3) is 3.42. The van der Waals surface area contributed by atoms with Gasteiger partial charge in [-0.1, -0.05) is 13.0 Å². The van der Waals surface area contributed by atoms with E-state index in [1.165, 1.54) is 12.1 Å². The summed E-state index contributed by atoms with van der Waals surface area (Å²) in [6.45, 7) is 3.59. The Kier molecular flexibility index (Phi) is 4.49. The summed E-state index contributed by atoms with van der Waals surface area (Å²) in [5.74, 6) is 0. The van der Waals surface area contributed by atoms with Gasteiger partial charge in [0.25, 0.3) is 0 Å². The van der Waals surface area contributed by atoms with Crippen LogP contribution in [-0.4, -0.2) is 11.1 Å². The molecule has 0 aliphatic rings. The fraction of sp³-hybridized carbons (Fsp3) is 0.333. The van der Waals surface area contributed by atoms with Gasteiger partial charge in [-0.25, -0.2) is 0 Å². The summed E-state index contributed by atoms with van der Waals surface area (Å²) in [5.41, 5.74) is 0.840. The van der Waals surface area contributed by atoms with Crippen molar-refractivity contribution in [3.63, 3.8) is 0 Å². The molecule has 0 atom stereocenters. The van der Waals surface area contributed by atoms with Gasteiger partial charge in [0.15, 0.2) is 0 Å². The van der Waals surface area contributed by atoms with Crippen LogP contribution in [0.15, 0.2) is 42.6 Å². The molecule has 0 bridgehead atoms. The Morgan fingerprint density at radius 1 is 1.15 bits per heavy atom. The van der Waals surface area contributed by atoms with Gasteiger partial charge in [0.2, 0.25) is 0 Å². The highest BCUT2D eigenvalue weighted by molar-refractivity contribution is 5.39. The molecule has 0 amide bonds. The van der Waals surface area contributed by atoms with E-state index in [1.807, 2.05) is 12.1 Å². The number of aromatic nitrogens is 1. The molecule has 1 N–H and O–H groups in total. The van der Waals surface area contributed by atoms with Gasteiger partial charge in [0, 0.05) is 24.1 Å². The van der Waals surface area contributed by atoms with Crippen LogP contribution in [0.4, 0.5) is 13.2 Å². The number of alkyl halides is 3. The minimum absolute atomic E-state index is 0.526. The van der Waals surface area contributed by atoms with Gasteiger partial charge in [-0.2, -0.15) is 13.2 Å². The Balaban J connectivity index is 2.26. The molecule has 2 aromatic rings. The first-order chi connectivity index (χ1) is 9.52. The standard InChI is InChI=1S/C15H17F3N2/c1-2-8-19-11-14-7-4-9-20(14)13-6-3-5-12(10-13)15(16,17)18/h3-7,9-10,19H,2,8,11H2,1H3. The van der Waals surface area contributed by atoms with E-state index < -0.39 is 11.7 Å². The molecule has 2 rings (SSSR count). The lowest BCUT2D eigenvalue weighted by Crippen LogP contribution is -2.16. The van der Waals surface area contributed by atoms with Crippen LogP contribution < -0.4 is 5.32 Å². The van der Waals surface area contributed by atoms with E-state index in [1.54, 1.807) is 16.8 Å². The number of nitrogens with zero attached hydrogens (tertiary/aromatic N) is 1. The molecule has 0 saturated carbocycles. The number of hydrogen-bond donors (Lipinski definition) is 1. The van der Waals surface area contributed by atoms with E-state index in [4.69, 9.17) is 0 Å². The van der Waals surface area contributed by atoms with Crippen LogP contribution in [-0.2, 0) is 12.7 Å². The van der Waals surface area contributed by atoms with Crippen LogP contribution >= 0.6 is 0 Å². The summed E-state index contributed by atoms with van der Waals surface area (Å²) >= 11 is 0. The zero-order valence-corrected chi connectivity index (χ0v) is 11.2. The summed E-state index contributed by atoms with van der Waals surface area (Å²) in [6, 6.07) is 9.11. The van der Waals surface area contributed by atoms with Gasteiger partial charge in [0.05, 0.1) is 5.56 Å². The summed E-state index contributed by atoms with van der Waals surface area (Å²) in [4.78, 5) is 0. The van der Waals surface area contributed by atoms with Crippen LogP contribution in [0.1, 0.15) is 24.6 Å². The maximum absolute atomic E-state index is 12.7. The SMILES string of the molecule is CCCNCc1cccn1-c1cccc(C(F)(F)F)c1. The van der Waals surface area contributed by atoms with Gasteiger partial charge in [-0.05, 0) is 43.3 Å². The third-order valence-electron chi connectivity index (χ3n) is 3.02. The molecule has 0 saturated heterocycles. The van der Waals surface area contributed by atoms with Gasteiger partial charge in [0.1, 0.15) is 0 Å². The van der Waals surface area contributed by atoms with Crippen molar-refractivity contribution in [1.82, 2.24) is 9.88 Å². The number of benzene rings is 1. The van der Waals surface area contributed by atoms with Crippen LogP contribution in [0.25, 0.3) is 5.69 Å². The largest absolute Gasteiger partial charge is 0.416 e. The van der Waals surface area contributed by atoms with Gasteiger partial charge in [-0.15, -0.1) is 0 Å². The molecule has 0 fully saturated rings. The number of hydrogen-bond acceptors (Lipinski definition) is 1. The molecule has 0 unspecified atom stereocenters. The summed E-state index contributed by atoms with van der Waals surface area (Å²) in [6.07, 6.45) is -1.52. The summed E-state index contributed by atoms with van der Waals surface area (Å²) < 4.78 is 40.0. The van der Waals surface area contributed by atoms with Crippen molar-refractivity contribution in [2.75, 3.05) is 6.54 Å². The van der Waals surface area contributed by atoms with Crippen molar-refractivity contribution < 1.29 is 13.2 Å². The third-order valence-corrected chi connectivity index (χ3v) is 3.02. The molecule has 0 radical (unpaired) electrons. The molecule has 1 heterocycles. The Labute approximate surface area is 116 Å². The minimum atomic E-state index is -4.32. The molecule has 108 valence electrons. The van der Waals surface area contributed by atoms with Crippen LogP contribution in [0.2, 0.25) is 0 Å². The summed E-state index contributed by atoms with van der Waals surface area (Å²) in [5, 5.41) is 3.25. The van der Waals surface area contributed by atoms with Crippen LogP contribution in [0.3, 0.4) is 0 Å². The van der Waals surface area contributed by atoms with E-state index >= 15 is 0 Å². The lowest BCUT2D eigenvalue weighted by Gasteiger charge is -2.13. The zero-order valence-electron chi connectivity index (χ0n) is 11.2. The van der Waals surface area contributed by atoms with Gasteiger partial charge < -0.3 is 9.88 Å². The lowest BCUT2D eigenvalue weighted by atomic mass is 10.2. The molecular formula is C15H17F3N2. The molecule has 0 aliphatic carbocycles. The fourth-order valence-corrected chi connectivity index (χ4v) is 2.04. The number of rotatable bonds is 5. The highest BCUT2D eigenvalue weighted by Crippen LogP contribution is 2.30. The molecule has 2 nitrogen and oxygen atoms in total. The quantitative estimate of drug-likeness (QED) is 0.820. The van der Waals surface area contributed by atoms with Crippen molar-refractivity contribution in [1.29, 1.82) is 0 Å². The number of nitrogens with one attached hydrogen (secondary N) is 1. The van der Waals surface area contributed by atoms with Crippen LogP contribution in [0, 0.1) is 0 Å². The highest BCUT2D eigenvalue weighted by Gasteiger charge is 2.30. The van der Waals surface area contributed by atoms with Crippen molar-refractivity contribution >= 4 is 0 Å². The summed E-state index contributed by atoms with van der Waals surface area (Å²) in [7, 11) is 0. The highest BCUT2D eigenvalue weighted by atomic mass is 19.4. The normalized spacial score (nSPS) is 11.8.